The van der Waals surface area contributed by atoms with Gasteiger partial charge in [0.25, 0.3) is 0 Å². The lowest BCUT2D eigenvalue weighted by molar-refractivity contribution is 0.0701. The fraction of sp³-hybridized carbons (Fsp3) is 0.357. The Labute approximate surface area is 122 Å². The van der Waals surface area contributed by atoms with Gasteiger partial charge in [-0.2, -0.15) is 0 Å². The number of aromatic carboxylic acids is 1. The van der Waals surface area contributed by atoms with Crippen molar-refractivity contribution < 1.29 is 18.5 Å². The van der Waals surface area contributed by atoms with Gasteiger partial charge in [-0.3, -0.25) is 4.21 Å². The number of carbonyl (C=O) groups is 1. The molecule has 0 bridgehead atoms. The first kappa shape index (κ1) is 15.1. The summed E-state index contributed by atoms with van der Waals surface area (Å²) in [5.74, 6) is -1.47. The summed E-state index contributed by atoms with van der Waals surface area (Å²) >= 11 is 1.03. The molecule has 0 radical (unpaired) electrons. The lowest BCUT2D eigenvalue weighted by Crippen LogP contribution is -2.12. The molecule has 1 aromatic carbocycles. The van der Waals surface area contributed by atoms with Crippen molar-refractivity contribution in [1.82, 2.24) is 0 Å². The molecule has 6 heteroatoms. The molecule has 2 rings (SSSR count). The van der Waals surface area contributed by atoms with E-state index in [4.69, 9.17) is 0 Å². The lowest BCUT2D eigenvalue weighted by Gasteiger charge is -2.09. The summed E-state index contributed by atoms with van der Waals surface area (Å²) in [6, 6.07) is 4.54. The zero-order valence-corrected chi connectivity index (χ0v) is 12.8. The molecule has 1 aromatic heterocycles. The number of halogens is 1. The van der Waals surface area contributed by atoms with Crippen molar-refractivity contribution in [3.05, 3.63) is 34.5 Å². The zero-order valence-electron chi connectivity index (χ0n) is 11.2. The van der Waals surface area contributed by atoms with Crippen molar-refractivity contribution in [2.75, 3.05) is 0 Å². The first-order valence-corrected chi connectivity index (χ1v) is 8.45. The Balaban J connectivity index is 2.57. The fourth-order valence-corrected chi connectivity index (χ4v) is 4.34. The highest BCUT2D eigenvalue weighted by atomic mass is 32.2. The van der Waals surface area contributed by atoms with E-state index in [9.17, 15) is 18.5 Å². The molecule has 1 N–H and O–H groups in total. The minimum Gasteiger partial charge on any atom is -0.477 e. The highest BCUT2D eigenvalue weighted by Gasteiger charge is 2.23. The van der Waals surface area contributed by atoms with Crippen molar-refractivity contribution in [3.63, 3.8) is 0 Å². The summed E-state index contributed by atoms with van der Waals surface area (Å²) in [5, 5.41) is 9.51. The van der Waals surface area contributed by atoms with Crippen molar-refractivity contribution in [2.45, 2.75) is 31.3 Å². The van der Waals surface area contributed by atoms with Gasteiger partial charge >= 0.3 is 5.97 Å². The topological polar surface area (TPSA) is 54.4 Å². The fourth-order valence-electron chi connectivity index (χ4n) is 1.95. The molecule has 0 amide bonds. The average molecular weight is 314 g/mol. The van der Waals surface area contributed by atoms with E-state index in [1.807, 2.05) is 13.8 Å². The van der Waals surface area contributed by atoms with E-state index in [0.717, 1.165) is 17.8 Å². The number of thiophene rings is 1. The van der Waals surface area contributed by atoms with Crippen LogP contribution in [0.4, 0.5) is 4.39 Å². The standard InChI is InChI=1S/C14H15FO3S2/c1-3-8(2)20(18)7-9-12-10(15)5-4-6-11(12)19-13(9)14(16)17/h4-6,8H,3,7H2,1-2H3,(H,16,17). The van der Waals surface area contributed by atoms with Crippen molar-refractivity contribution in [1.29, 1.82) is 0 Å². The highest BCUT2D eigenvalue weighted by Crippen LogP contribution is 2.34. The van der Waals surface area contributed by atoms with E-state index >= 15 is 0 Å². The molecule has 0 aliphatic carbocycles. The minimum absolute atomic E-state index is 0.0432. The molecule has 0 saturated heterocycles. The monoisotopic (exact) mass is 314 g/mol. The maximum atomic E-state index is 14.0. The summed E-state index contributed by atoms with van der Waals surface area (Å²) in [6.07, 6.45) is 0.736. The number of carboxylic acid groups (broad SMARTS) is 1. The van der Waals surface area contributed by atoms with Crippen LogP contribution in [0.25, 0.3) is 10.1 Å². The summed E-state index contributed by atoms with van der Waals surface area (Å²) in [4.78, 5) is 11.4. The molecule has 0 spiro atoms. The van der Waals surface area contributed by atoms with Crippen LogP contribution in [0.3, 0.4) is 0 Å². The number of hydrogen-bond acceptors (Lipinski definition) is 3. The molecule has 0 aliphatic rings. The Morgan fingerprint density at radius 2 is 2.20 bits per heavy atom. The van der Waals surface area contributed by atoms with Gasteiger partial charge in [0, 0.05) is 31.7 Å². The summed E-state index contributed by atoms with van der Waals surface area (Å²) in [5.41, 5.74) is 0.356. The Bertz CT molecular complexity index is 678. The third kappa shape index (κ3) is 2.76. The van der Waals surface area contributed by atoms with Gasteiger partial charge in [-0.25, -0.2) is 9.18 Å². The van der Waals surface area contributed by atoms with Gasteiger partial charge in [0.1, 0.15) is 10.7 Å². The third-order valence-electron chi connectivity index (χ3n) is 3.27. The molecule has 0 aliphatic heterocycles. The minimum atomic E-state index is -1.21. The predicted molar refractivity (Wildman–Crippen MR) is 80.3 cm³/mol. The Morgan fingerprint density at radius 1 is 1.50 bits per heavy atom. The van der Waals surface area contributed by atoms with Crippen LogP contribution in [0.15, 0.2) is 18.2 Å². The molecule has 0 fully saturated rings. The van der Waals surface area contributed by atoms with Crippen LogP contribution in [-0.2, 0) is 16.6 Å². The molecular formula is C14H15FO3S2. The van der Waals surface area contributed by atoms with Crippen LogP contribution in [0.1, 0.15) is 35.5 Å². The Morgan fingerprint density at radius 3 is 2.80 bits per heavy atom. The van der Waals surface area contributed by atoms with Crippen LogP contribution in [0.5, 0.6) is 0 Å². The largest absolute Gasteiger partial charge is 0.477 e. The number of carboxylic acids is 1. The van der Waals surface area contributed by atoms with Crippen LogP contribution >= 0.6 is 11.3 Å². The van der Waals surface area contributed by atoms with Crippen molar-refractivity contribution in [2.24, 2.45) is 0 Å². The average Bonchev–Trinajstić information content (AvgIpc) is 2.78. The van der Waals surface area contributed by atoms with Crippen molar-refractivity contribution in [3.8, 4) is 0 Å². The highest BCUT2D eigenvalue weighted by molar-refractivity contribution is 7.84. The van der Waals surface area contributed by atoms with E-state index in [0.29, 0.717) is 15.6 Å². The second-order valence-corrected chi connectivity index (χ2v) is 7.48. The second kappa shape index (κ2) is 6.01. The molecule has 2 atom stereocenters. The number of hydrogen-bond donors (Lipinski definition) is 1. The van der Waals surface area contributed by atoms with Crippen LogP contribution in [0.2, 0.25) is 0 Å². The maximum absolute atomic E-state index is 14.0. The summed E-state index contributed by atoms with van der Waals surface area (Å²) in [7, 11) is -1.21. The molecule has 0 saturated carbocycles. The van der Waals surface area contributed by atoms with Gasteiger partial charge in [-0.05, 0) is 18.6 Å². The predicted octanol–water partition coefficient (Wildman–Crippen LogP) is 3.79. The van der Waals surface area contributed by atoms with E-state index in [1.165, 1.54) is 6.07 Å². The van der Waals surface area contributed by atoms with Gasteiger partial charge in [0.15, 0.2) is 0 Å². The van der Waals surface area contributed by atoms with Gasteiger partial charge in [0.2, 0.25) is 0 Å². The van der Waals surface area contributed by atoms with E-state index in [1.54, 1.807) is 12.1 Å². The van der Waals surface area contributed by atoms with Crippen LogP contribution in [-0.4, -0.2) is 20.5 Å². The van der Waals surface area contributed by atoms with Gasteiger partial charge in [0.05, 0.1) is 5.75 Å². The molecule has 2 unspecified atom stereocenters. The SMILES string of the molecule is CCC(C)S(=O)Cc1c(C(=O)O)sc2cccc(F)c12. The van der Waals surface area contributed by atoms with Crippen molar-refractivity contribution >= 4 is 38.2 Å². The molecule has 3 nitrogen and oxygen atoms in total. The summed E-state index contributed by atoms with van der Waals surface area (Å²) < 4.78 is 26.7. The molecule has 20 heavy (non-hydrogen) atoms. The molecule has 2 aromatic rings. The van der Waals surface area contributed by atoms with Crippen LogP contribution < -0.4 is 0 Å². The van der Waals surface area contributed by atoms with Gasteiger partial charge in [-0.1, -0.05) is 19.9 Å². The molecule has 108 valence electrons. The van der Waals surface area contributed by atoms with E-state index in [-0.39, 0.29) is 15.9 Å². The quantitative estimate of drug-likeness (QED) is 0.913. The number of benzene rings is 1. The smallest absolute Gasteiger partial charge is 0.346 e. The lowest BCUT2D eigenvalue weighted by atomic mass is 10.1. The Hall–Kier alpha value is -1.27. The van der Waals surface area contributed by atoms with Gasteiger partial charge in [-0.15, -0.1) is 11.3 Å². The first-order chi connectivity index (χ1) is 9.45. The van der Waals surface area contributed by atoms with E-state index in [2.05, 4.69) is 0 Å². The number of rotatable bonds is 5. The first-order valence-electron chi connectivity index (χ1n) is 6.26. The van der Waals surface area contributed by atoms with E-state index < -0.39 is 22.6 Å². The number of fused-ring (bicyclic) bond motifs is 1. The zero-order chi connectivity index (χ0) is 14.9. The maximum Gasteiger partial charge on any atom is 0.346 e. The third-order valence-corrected chi connectivity index (χ3v) is 6.26. The molecule has 1 heterocycles. The van der Waals surface area contributed by atoms with Gasteiger partial charge < -0.3 is 5.11 Å². The summed E-state index contributed by atoms with van der Waals surface area (Å²) in [6.45, 7) is 3.77. The molecular weight excluding hydrogens is 299 g/mol. The van der Waals surface area contributed by atoms with Crippen LogP contribution in [0, 0.1) is 5.82 Å². The Kier molecular flexibility index (Phi) is 4.55. The normalized spacial score (nSPS) is 14.3. The second-order valence-electron chi connectivity index (χ2n) is 4.57.